The number of hydrogen-bond acceptors (Lipinski definition) is 4. The summed E-state index contributed by atoms with van der Waals surface area (Å²) in [7, 11) is 0. The Hall–Kier alpha value is -3.15. The van der Waals surface area contributed by atoms with Crippen LogP contribution in [-0.2, 0) is 4.79 Å². The Morgan fingerprint density at radius 1 is 1.11 bits per heavy atom. The largest absolute Gasteiger partial charge is 0.484 e. The van der Waals surface area contributed by atoms with Crippen LogP contribution in [0.4, 0.5) is 0 Å². The number of carbonyl (C=O) groups is 1. The van der Waals surface area contributed by atoms with Gasteiger partial charge in [0, 0.05) is 18.7 Å². The fourth-order valence-corrected chi connectivity index (χ4v) is 3.21. The number of carbonyl (C=O) groups excluding carboxylic acids is 1. The number of benzene rings is 2. The van der Waals surface area contributed by atoms with Crippen LogP contribution in [0.3, 0.4) is 0 Å². The van der Waals surface area contributed by atoms with Crippen LogP contribution in [0, 0.1) is 0 Å². The fourth-order valence-electron chi connectivity index (χ4n) is 3.21. The minimum atomic E-state index is -0.00687. The number of rotatable bonds is 6. The normalized spacial score (nSPS) is 14.2. The number of ether oxygens (including phenoxy) is 1. The highest BCUT2D eigenvalue weighted by atomic mass is 16.5. The maximum Gasteiger partial charge on any atom is 0.260 e. The molecule has 3 aromatic rings. The van der Waals surface area contributed by atoms with Crippen LogP contribution in [-0.4, -0.2) is 45.5 Å². The Kier molecular flexibility index (Phi) is 5.10. The van der Waals surface area contributed by atoms with E-state index >= 15 is 0 Å². The molecule has 1 saturated heterocycles. The summed E-state index contributed by atoms with van der Waals surface area (Å²) >= 11 is 0. The number of hydrogen-bond donors (Lipinski definition) is 0. The molecule has 1 amide bonds. The van der Waals surface area contributed by atoms with Gasteiger partial charge in [-0.05, 0) is 23.6 Å². The van der Waals surface area contributed by atoms with Gasteiger partial charge in [-0.25, -0.2) is 4.68 Å². The lowest BCUT2D eigenvalue weighted by Gasteiger charge is -2.38. The first-order valence-electron chi connectivity index (χ1n) is 9.58. The molecule has 0 atom stereocenters. The van der Waals surface area contributed by atoms with Gasteiger partial charge in [-0.1, -0.05) is 61.5 Å². The zero-order chi connectivity index (χ0) is 19.5. The van der Waals surface area contributed by atoms with E-state index in [4.69, 9.17) is 4.74 Å². The summed E-state index contributed by atoms with van der Waals surface area (Å²) in [6.45, 7) is 5.62. The molecule has 0 aliphatic carbocycles. The summed E-state index contributed by atoms with van der Waals surface area (Å²) in [4.78, 5) is 14.1. The van der Waals surface area contributed by atoms with Gasteiger partial charge in [-0.2, -0.15) is 0 Å². The van der Waals surface area contributed by atoms with E-state index in [1.807, 2.05) is 65.5 Å². The van der Waals surface area contributed by atoms with Crippen LogP contribution < -0.4 is 4.74 Å². The van der Waals surface area contributed by atoms with Gasteiger partial charge in [0.05, 0.1) is 12.2 Å². The van der Waals surface area contributed by atoms with Crippen molar-refractivity contribution in [2.75, 3.05) is 19.7 Å². The van der Waals surface area contributed by atoms with Crippen LogP contribution >= 0.6 is 0 Å². The first-order chi connectivity index (χ1) is 13.6. The first kappa shape index (κ1) is 18.2. The Morgan fingerprint density at radius 3 is 2.50 bits per heavy atom. The van der Waals surface area contributed by atoms with E-state index in [1.54, 1.807) is 4.90 Å². The molecule has 28 heavy (non-hydrogen) atoms. The van der Waals surface area contributed by atoms with Gasteiger partial charge in [0.2, 0.25) is 0 Å². The van der Waals surface area contributed by atoms with Gasteiger partial charge in [0.15, 0.2) is 6.61 Å². The van der Waals surface area contributed by atoms with Crippen molar-refractivity contribution in [3.8, 4) is 17.0 Å². The predicted molar refractivity (Wildman–Crippen MR) is 107 cm³/mol. The molecule has 0 N–H and O–H groups in total. The van der Waals surface area contributed by atoms with E-state index in [1.165, 1.54) is 5.56 Å². The monoisotopic (exact) mass is 376 g/mol. The van der Waals surface area contributed by atoms with Crippen LogP contribution in [0.2, 0.25) is 0 Å². The van der Waals surface area contributed by atoms with Crippen LogP contribution in [0.1, 0.15) is 31.4 Å². The van der Waals surface area contributed by atoms with Gasteiger partial charge in [-0.15, -0.1) is 5.10 Å². The molecule has 4 rings (SSSR count). The average molecular weight is 376 g/mol. The predicted octanol–water partition coefficient (Wildman–Crippen LogP) is 3.53. The third kappa shape index (κ3) is 3.91. The second kappa shape index (κ2) is 7.84. The molecule has 0 unspecified atom stereocenters. The number of aromatic nitrogens is 3. The van der Waals surface area contributed by atoms with Crippen molar-refractivity contribution in [1.82, 2.24) is 19.9 Å². The average Bonchev–Trinajstić information content (AvgIpc) is 3.16. The molecule has 6 nitrogen and oxygen atoms in total. The highest BCUT2D eigenvalue weighted by Crippen LogP contribution is 2.24. The Bertz CT molecular complexity index is 929. The Labute approximate surface area is 164 Å². The number of nitrogens with zero attached hydrogens (tertiary/aromatic N) is 4. The molecule has 1 fully saturated rings. The highest BCUT2D eigenvalue weighted by molar-refractivity contribution is 5.78. The van der Waals surface area contributed by atoms with Gasteiger partial charge in [-0.3, -0.25) is 4.79 Å². The molecule has 1 aliphatic rings. The van der Waals surface area contributed by atoms with E-state index < -0.39 is 0 Å². The lowest BCUT2D eigenvalue weighted by Crippen LogP contribution is -2.52. The number of likely N-dealkylation sites (tertiary alicyclic amines) is 1. The van der Waals surface area contributed by atoms with Gasteiger partial charge < -0.3 is 9.64 Å². The van der Waals surface area contributed by atoms with Crippen molar-refractivity contribution >= 4 is 5.91 Å². The zero-order valence-electron chi connectivity index (χ0n) is 16.2. The van der Waals surface area contributed by atoms with Crippen LogP contribution in [0.5, 0.6) is 5.75 Å². The highest BCUT2D eigenvalue weighted by Gasteiger charge is 2.33. The van der Waals surface area contributed by atoms with E-state index in [9.17, 15) is 4.79 Å². The zero-order valence-corrected chi connectivity index (χ0v) is 16.2. The molecule has 2 aromatic carbocycles. The van der Waals surface area contributed by atoms with Crippen molar-refractivity contribution in [3.63, 3.8) is 0 Å². The molecule has 0 spiro atoms. The molecule has 1 aliphatic heterocycles. The molecule has 2 heterocycles. The molecular weight excluding hydrogens is 352 g/mol. The maximum absolute atomic E-state index is 12.3. The molecule has 0 radical (unpaired) electrons. The van der Waals surface area contributed by atoms with E-state index in [0.29, 0.717) is 19.0 Å². The lowest BCUT2D eigenvalue weighted by atomic mass is 10.0. The molecular formula is C22H24N4O2. The smallest absolute Gasteiger partial charge is 0.260 e. The Balaban J connectivity index is 1.27. The van der Waals surface area contributed by atoms with Crippen molar-refractivity contribution in [1.29, 1.82) is 0 Å². The molecule has 6 heteroatoms. The minimum Gasteiger partial charge on any atom is -0.484 e. The van der Waals surface area contributed by atoms with E-state index in [0.717, 1.165) is 17.0 Å². The summed E-state index contributed by atoms with van der Waals surface area (Å²) in [5.74, 6) is 1.19. The first-order valence-corrected chi connectivity index (χ1v) is 9.58. The van der Waals surface area contributed by atoms with Gasteiger partial charge in [0.25, 0.3) is 5.91 Å². The summed E-state index contributed by atoms with van der Waals surface area (Å²) in [5.41, 5.74) is 3.14. The van der Waals surface area contributed by atoms with E-state index in [-0.39, 0.29) is 18.6 Å². The lowest BCUT2D eigenvalue weighted by molar-refractivity contribution is -0.139. The molecule has 0 saturated carbocycles. The topological polar surface area (TPSA) is 60.2 Å². The van der Waals surface area contributed by atoms with Gasteiger partial charge in [0.1, 0.15) is 11.4 Å². The van der Waals surface area contributed by atoms with Crippen LogP contribution in [0.25, 0.3) is 11.3 Å². The SMILES string of the molecule is CC(C)c1ccc(OCC(=O)N2CC(n3cc(-c4ccccc4)nn3)C2)cc1. The Morgan fingerprint density at radius 2 is 1.82 bits per heavy atom. The third-order valence-corrected chi connectivity index (χ3v) is 5.08. The van der Waals surface area contributed by atoms with E-state index in [2.05, 4.69) is 24.2 Å². The van der Waals surface area contributed by atoms with Gasteiger partial charge >= 0.3 is 0 Å². The summed E-state index contributed by atoms with van der Waals surface area (Å²) < 4.78 is 7.48. The minimum absolute atomic E-state index is 0.00687. The second-order valence-electron chi connectivity index (χ2n) is 7.41. The van der Waals surface area contributed by atoms with Crippen molar-refractivity contribution in [2.24, 2.45) is 0 Å². The number of amides is 1. The summed E-state index contributed by atoms with van der Waals surface area (Å²) in [6, 6.07) is 18.0. The van der Waals surface area contributed by atoms with Crippen molar-refractivity contribution < 1.29 is 9.53 Å². The third-order valence-electron chi connectivity index (χ3n) is 5.08. The molecule has 1 aromatic heterocycles. The fraction of sp³-hybridized carbons (Fsp3) is 0.318. The summed E-state index contributed by atoms with van der Waals surface area (Å²) in [5, 5.41) is 8.46. The summed E-state index contributed by atoms with van der Waals surface area (Å²) in [6.07, 6.45) is 1.94. The quantitative estimate of drug-likeness (QED) is 0.660. The standard InChI is InChI=1S/C22H24N4O2/c1-16(2)17-8-10-20(11-9-17)28-15-22(27)25-12-19(13-25)26-14-21(23-24-26)18-6-4-3-5-7-18/h3-11,14,16,19H,12-13,15H2,1-2H3. The van der Waals surface area contributed by atoms with Crippen molar-refractivity contribution in [2.45, 2.75) is 25.8 Å². The maximum atomic E-state index is 12.3. The van der Waals surface area contributed by atoms with Crippen molar-refractivity contribution in [3.05, 3.63) is 66.4 Å². The molecule has 0 bridgehead atoms. The second-order valence-corrected chi connectivity index (χ2v) is 7.41. The molecule has 144 valence electrons. The van der Waals surface area contributed by atoms with Crippen LogP contribution in [0.15, 0.2) is 60.8 Å².